The minimum Gasteiger partial charge on any atom is -0.454 e. The van der Waals surface area contributed by atoms with Gasteiger partial charge in [-0.1, -0.05) is 26.2 Å². The lowest BCUT2D eigenvalue weighted by molar-refractivity contribution is 0.174. The molecule has 3 nitrogen and oxygen atoms in total. The first kappa shape index (κ1) is 15.5. The lowest BCUT2D eigenvalue weighted by atomic mass is 9.76. The highest BCUT2D eigenvalue weighted by Gasteiger charge is 2.20. The fourth-order valence-corrected chi connectivity index (χ4v) is 2.55. The number of alkyl halides is 1. The Morgan fingerprint density at radius 1 is 1.30 bits per heavy atom. The third kappa shape index (κ3) is 3.42. The van der Waals surface area contributed by atoms with E-state index in [1.807, 2.05) is 12.1 Å². The van der Waals surface area contributed by atoms with Gasteiger partial charge in [-0.05, 0) is 43.1 Å². The van der Waals surface area contributed by atoms with Crippen LogP contribution >= 0.6 is 11.6 Å². The molecule has 0 bridgehead atoms. The van der Waals surface area contributed by atoms with E-state index < -0.39 is 0 Å². The van der Waals surface area contributed by atoms with E-state index in [0.717, 1.165) is 41.9 Å². The first-order valence-corrected chi connectivity index (χ1v) is 7.82. The van der Waals surface area contributed by atoms with Gasteiger partial charge in [0.05, 0.1) is 0 Å². The first-order chi connectivity index (χ1) is 9.69. The first-order valence-electron chi connectivity index (χ1n) is 7.28. The fourth-order valence-electron chi connectivity index (χ4n) is 2.32. The zero-order chi connectivity index (χ0) is 14.5. The maximum atomic E-state index is 6.07. The molecule has 0 N–H and O–H groups in total. The molecule has 1 aromatic carbocycles. The average Bonchev–Trinajstić information content (AvgIpc) is 2.92. The van der Waals surface area contributed by atoms with Gasteiger partial charge in [-0.25, -0.2) is 0 Å². The van der Waals surface area contributed by atoms with Gasteiger partial charge in [0.1, 0.15) is 0 Å². The number of ether oxygens (including phenoxy) is 2. The Morgan fingerprint density at radius 3 is 2.60 bits per heavy atom. The van der Waals surface area contributed by atoms with Gasteiger partial charge in [-0.2, -0.15) is 0 Å². The molecular weight excluding hydrogens is 272 g/mol. The molecule has 20 heavy (non-hydrogen) atoms. The monoisotopic (exact) mass is 294 g/mol. The summed E-state index contributed by atoms with van der Waals surface area (Å²) in [5, 5.41) is 0. The topological polar surface area (TPSA) is 21.7 Å². The summed E-state index contributed by atoms with van der Waals surface area (Å²) in [6, 6.07) is 4.54. The molecule has 109 valence electrons. The largest absolute Gasteiger partial charge is 0.454 e. The van der Waals surface area contributed by atoms with Crippen LogP contribution in [-0.2, 0) is 5.88 Å². The Kier molecular flexibility index (Phi) is 5.61. The normalized spacial score (nSPS) is 14.7. The maximum absolute atomic E-state index is 6.07. The molecule has 1 radical (unpaired) electrons. The average molecular weight is 295 g/mol. The number of rotatable bonds is 7. The van der Waals surface area contributed by atoms with Crippen molar-refractivity contribution in [1.29, 1.82) is 0 Å². The van der Waals surface area contributed by atoms with Gasteiger partial charge < -0.3 is 14.3 Å². The van der Waals surface area contributed by atoms with E-state index in [0.29, 0.717) is 18.7 Å². The summed E-state index contributed by atoms with van der Waals surface area (Å²) in [6.07, 6.45) is 2.25. The molecule has 1 unspecified atom stereocenters. The molecule has 0 saturated heterocycles. The molecule has 2 rings (SSSR count). The number of halogens is 1. The van der Waals surface area contributed by atoms with Crippen LogP contribution in [-0.4, -0.2) is 31.6 Å². The summed E-state index contributed by atoms with van der Waals surface area (Å²) in [5.74, 6) is 2.08. The quantitative estimate of drug-likeness (QED) is 0.570. The number of nitrogens with zero attached hydrogens (tertiary/aromatic N) is 1. The van der Waals surface area contributed by atoms with Gasteiger partial charge >= 0.3 is 0 Å². The van der Waals surface area contributed by atoms with Crippen molar-refractivity contribution in [3.63, 3.8) is 0 Å². The van der Waals surface area contributed by atoms with Crippen molar-refractivity contribution >= 4 is 24.5 Å². The van der Waals surface area contributed by atoms with Crippen LogP contribution < -0.4 is 14.9 Å². The van der Waals surface area contributed by atoms with Crippen molar-refractivity contribution in [2.45, 2.75) is 45.5 Å². The van der Waals surface area contributed by atoms with E-state index in [1.54, 1.807) is 0 Å². The van der Waals surface area contributed by atoms with Gasteiger partial charge in [-0.15, -0.1) is 11.6 Å². The highest BCUT2D eigenvalue weighted by molar-refractivity contribution is 6.51. The van der Waals surface area contributed by atoms with E-state index in [-0.39, 0.29) is 0 Å². The van der Waals surface area contributed by atoms with Crippen molar-refractivity contribution < 1.29 is 9.47 Å². The molecule has 1 atom stereocenters. The molecule has 1 aliphatic rings. The Bertz CT molecular complexity index is 456. The van der Waals surface area contributed by atoms with Gasteiger partial charge in [0.15, 0.2) is 11.5 Å². The SMILES string of the molecule is CCCN([B]c1cc2c(cc1CCl)OCO2)C(C)CC. The van der Waals surface area contributed by atoms with Gasteiger partial charge in [0.25, 0.3) is 0 Å². The van der Waals surface area contributed by atoms with Gasteiger partial charge in [-0.3, -0.25) is 0 Å². The standard InChI is InChI=1S/C15H22BClNO2/c1-4-6-18(11(3)5-2)16-13-8-15-14(19-10-20-15)7-12(13)9-17/h7-8,11H,4-6,9-10H2,1-3H3. The summed E-state index contributed by atoms with van der Waals surface area (Å²) in [4.78, 5) is 2.38. The lowest BCUT2D eigenvalue weighted by Crippen LogP contribution is -2.43. The number of benzene rings is 1. The van der Waals surface area contributed by atoms with E-state index in [2.05, 4.69) is 33.0 Å². The van der Waals surface area contributed by atoms with Crippen molar-refractivity contribution in [3.8, 4) is 11.5 Å². The molecule has 0 spiro atoms. The summed E-state index contributed by atoms with van der Waals surface area (Å²) < 4.78 is 10.9. The minimum atomic E-state index is 0.296. The van der Waals surface area contributed by atoms with Gasteiger partial charge in [0, 0.05) is 5.88 Å². The Hall–Kier alpha value is -0.865. The van der Waals surface area contributed by atoms with Crippen LogP contribution in [0.3, 0.4) is 0 Å². The van der Waals surface area contributed by atoms with Gasteiger partial charge in [0.2, 0.25) is 14.2 Å². The third-order valence-electron chi connectivity index (χ3n) is 3.72. The molecule has 1 aliphatic heterocycles. The summed E-state index contributed by atoms with van der Waals surface area (Å²) in [5.41, 5.74) is 2.21. The molecular formula is C15H22BClNO2. The van der Waals surface area contributed by atoms with Crippen molar-refractivity contribution in [3.05, 3.63) is 17.7 Å². The van der Waals surface area contributed by atoms with Crippen LogP contribution in [0.15, 0.2) is 12.1 Å². The molecule has 0 saturated carbocycles. The zero-order valence-corrected chi connectivity index (χ0v) is 13.2. The molecule has 1 heterocycles. The Balaban J connectivity index is 2.22. The van der Waals surface area contributed by atoms with E-state index in [1.165, 1.54) is 0 Å². The van der Waals surface area contributed by atoms with Crippen molar-refractivity contribution in [2.75, 3.05) is 13.3 Å². The van der Waals surface area contributed by atoms with Crippen LogP contribution in [0.2, 0.25) is 0 Å². The highest BCUT2D eigenvalue weighted by Crippen LogP contribution is 2.32. The predicted octanol–water partition coefficient (Wildman–Crippen LogP) is 2.91. The second-order valence-corrected chi connectivity index (χ2v) is 5.43. The molecule has 5 heteroatoms. The van der Waals surface area contributed by atoms with Crippen LogP contribution in [0.5, 0.6) is 11.5 Å². The van der Waals surface area contributed by atoms with E-state index in [9.17, 15) is 0 Å². The zero-order valence-electron chi connectivity index (χ0n) is 12.5. The lowest BCUT2D eigenvalue weighted by Gasteiger charge is -2.28. The molecule has 0 aromatic heterocycles. The van der Waals surface area contributed by atoms with E-state index >= 15 is 0 Å². The Morgan fingerprint density at radius 2 is 2.00 bits per heavy atom. The molecule has 0 fully saturated rings. The number of hydrogen-bond donors (Lipinski definition) is 0. The second kappa shape index (κ2) is 7.23. The maximum Gasteiger partial charge on any atom is 0.248 e. The van der Waals surface area contributed by atoms with E-state index in [4.69, 9.17) is 21.1 Å². The fraction of sp³-hybridized carbons (Fsp3) is 0.600. The van der Waals surface area contributed by atoms with Crippen LogP contribution in [0.1, 0.15) is 39.2 Å². The van der Waals surface area contributed by atoms with Crippen LogP contribution in [0.4, 0.5) is 0 Å². The molecule has 1 aromatic rings. The number of fused-ring (bicyclic) bond motifs is 1. The summed E-state index contributed by atoms with van der Waals surface area (Å²) in [7, 11) is 2.21. The third-order valence-corrected chi connectivity index (χ3v) is 4.01. The smallest absolute Gasteiger partial charge is 0.248 e. The van der Waals surface area contributed by atoms with Crippen LogP contribution in [0, 0.1) is 0 Å². The predicted molar refractivity (Wildman–Crippen MR) is 84.3 cm³/mol. The summed E-state index contributed by atoms with van der Waals surface area (Å²) >= 11 is 6.07. The second-order valence-electron chi connectivity index (χ2n) is 5.16. The Labute approximate surface area is 127 Å². The van der Waals surface area contributed by atoms with Crippen molar-refractivity contribution in [1.82, 2.24) is 4.81 Å². The highest BCUT2D eigenvalue weighted by atomic mass is 35.5. The number of hydrogen-bond acceptors (Lipinski definition) is 3. The van der Waals surface area contributed by atoms with Crippen molar-refractivity contribution in [2.24, 2.45) is 0 Å². The summed E-state index contributed by atoms with van der Waals surface area (Å²) in [6.45, 7) is 8.00. The molecule has 0 aliphatic carbocycles. The molecule has 0 amide bonds. The van der Waals surface area contributed by atoms with Crippen LogP contribution in [0.25, 0.3) is 0 Å². The minimum absolute atomic E-state index is 0.296.